The SMILES string of the molecule is CCCc1ccccc1Nc1ccc(C(=O)O)c(C)c1. The fraction of sp³-hybridized carbons (Fsp3) is 0.235. The lowest BCUT2D eigenvalue weighted by Gasteiger charge is -2.12. The van der Waals surface area contributed by atoms with Gasteiger partial charge in [-0.2, -0.15) is 0 Å². The van der Waals surface area contributed by atoms with Crippen molar-refractivity contribution in [3.63, 3.8) is 0 Å². The number of benzene rings is 2. The molecule has 0 unspecified atom stereocenters. The van der Waals surface area contributed by atoms with Gasteiger partial charge in [-0.1, -0.05) is 31.5 Å². The lowest BCUT2D eigenvalue weighted by molar-refractivity contribution is 0.0696. The molecule has 0 spiro atoms. The van der Waals surface area contributed by atoms with Crippen LogP contribution in [-0.4, -0.2) is 11.1 Å². The molecular weight excluding hydrogens is 250 g/mol. The van der Waals surface area contributed by atoms with Gasteiger partial charge in [-0.15, -0.1) is 0 Å². The molecule has 0 aliphatic rings. The van der Waals surface area contributed by atoms with Crippen molar-refractivity contribution in [2.75, 3.05) is 5.32 Å². The van der Waals surface area contributed by atoms with Gasteiger partial charge in [0.05, 0.1) is 5.56 Å². The van der Waals surface area contributed by atoms with E-state index in [2.05, 4.69) is 18.3 Å². The molecule has 0 bridgehead atoms. The first-order chi connectivity index (χ1) is 9.61. The van der Waals surface area contributed by atoms with E-state index in [1.54, 1.807) is 12.1 Å². The van der Waals surface area contributed by atoms with Crippen LogP contribution in [0.4, 0.5) is 11.4 Å². The van der Waals surface area contributed by atoms with Gasteiger partial charge in [-0.25, -0.2) is 4.79 Å². The van der Waals surface area contributed by atoms with E-state index < -0.39 is 5.97 Å². The van der Waals surface area contributed by atoms with Gasteiger partial charge in [-0.3, -0.25) is 0 Å². The first kappa shape index (κ1) is 14.1. The lowest BCUT2D eigenvalue weighted by atomic mass is 10.1. The molecule has 0 fully saturated rings. The van der Waals surface area contributed by atoms with Crippen molar-refractivity contribution in [2.45, 2.75) is 26.7 Å². The van der Waals surface area contributed by atoms with Crippen molar-refractivity contribution in [1.82, 2.24) is 0 Å². The Morgan fingerprint density at radius 1 is 1.20 bits per heavy atom. The van der Waals surface area contributed by atoms with E-state index in [1.165, 1.54) is 5.56 Å². The lowest BCUT2D eigenvalue weighted by Crippen LogP contribution is -2.01. The summed E-state index contributed by atoms with van der Waals surface area (Å²) in [5, 5.41) is 12.4. The molecule has 0 saturated heterocycles. The minimum absolute atomic E-state index is 0.345. The number of anilines is 2. The van der Waals surface area contributed by atoms with Crippen LogP contribution < -0.4 is 5.32 Å². The highest BCUT2D eigenvalue weighted by Crippen LogP contribution is 2.23. The Bertz CT molecular complexity index is 620. The normalized spacial score (nSPS) is 10.3. The van der Waals surface area contributed by atoms with Gasteiger partial charge in [-0.05, 0) is 48.7 Å². The van der Waals surface area contributed by atoms with Crippen molar-refractivity contribution in [1.29, 1.82) is 0 Å². The largest absolute Gasteiger partial charge is 0.478 e. The van der Waals surface area contributed by atoms with Gasteiger partial charge in [0.15, 0.2) is 0 Å². The quantitative estimate of drug-likeness (QED) is 0.846. The van der Waals surface area contributed by atoms with Crippen molar-refractivity contribution in [3.05, 3.63) is 59.2 Å². The number of hydrogen-bond donors (Lipinski definition) is 2. The number of hydrogen-bond acceptors (Lipinski definition) is 2. The van der Waals surface area contributed by atoms with Crippen LogP contribution in [0.25, 0.3) is 0 Å². The fourth-order valence-corrected chi connectivity index (χ4v) is 2.27. The van der Waals surface area contributed by atoms with Gasteiger partial charge in [0.2, 0.25) is 0 Å². The summed E-state index contributed by atoms with van der Waals surface area (Å²) in [5.74, 6) is -0.888. The molecule has 0 radical (unpaired) electrons. The average molecular weight is 269 g/mol. The van der Waals surface area contributed by atoms with Crippen LogP contribution in [0.2, 0.25) is 0 Å². The molecular formula is C17H19NO2. The monoisotopic (exact) mass is 269 g/mol. The van der Waals surface area contributed by atoms with Crippen LogP contribution in [0.15, 0.2) is 42.5 Å². The zero-order chi connectivity index (χ0) is 14.5. The third kappa shape index (κ3) is 3.18. The standard InChI is InChI=1S/C17H19NO2/c1-3-6-13-7-4-5-8-16(13)18-14-9-10-15(17(19)20)12(2)11-14/h4-5,7-11,18H,3,6H2,1-2H3,(H,19,20). The van der Waals surface area contributed by atoms with Crippen LogP contribution in [-0.2, 0) is 6.42 Å². The van der Waals surface area contributed by atoms with Crippen molar-refractivity contribution in [3.8, 4) is 0 Å². The molecule has 3 nitrogen and oxygen atoms in total. The average Bonchev–Trinajstić information content (AvgIpc) is 2.41. The topological polar surface area (TPSA) is 49.3 Å². The maximum Gasteiger partial charge on any atom is 0.335 e. The molecule has 0 aromatic heterocycles. The highest BCUT2D eigenvalue weighted by atomic mass is 16.4. The summed E-state index contributed by atoms with van der Waals surface area (Å²) < 4.78 is 0. The first-order valence-electron chi connectivity index (χ1n) is 6.80. The number of para-hydroxylation sites is 1. The molecule has 0 heterocycles. The van der Waals surface area contributed by atoms with Crippen molar-refractivity contribution < 1.29 is 9.90 Å². The zero-order valence-electron chi connectivity index (χ0n) is 11.8. The number of nitrogens with one attached hydrogen (secondary N) is 1. The van der Waals surface area contributed by atoms with E-state index in [0.717, 1.165) is 29.8 Å². The Labute approximate surface area is 119 Å². The van der Waals surface area contributed by atoms with Gasteiger partial charge in [0.25, 0.3) is 0 Å². The molecule has 3 heteroatoms. The maximum atomic E-state index is 11.0. The summed E-state index contributed by atoms with van der Waals surface area (Å²) >= 11 is 0. The summed E-state index contributed by atoms with van der Waals surface area (Å²) in [4.78, 5) is 11.0. The molecule has 2 aromatic carbocycles. The summed E-state index contributed by atoms with van der Waals surface area (Å²) in [6.45, 7) is 3.97. The second-order valence-corrected chi connectivity index (χ2v) is 4.87. The Hall–Kier alpha value is -2.29. The molecule has 0 aliphatic heterocycles. The number of rotatable bonds is 5. The summed E-state index contributed by atoms with van der Waals surface area (Å²) in [5.41, 5.74) is 4.37. The third-order valence-electron chi connectivity index (χ3n) is 3.27. The minimum Gasteiger partial charge on any atom is -0.478 e. The van der Waals surface area contributed by atoms with Crippen molar-refractivity contribution >= 4 is 17.3 Å². The maximum absolute atomic E-state index is 11.0. The first-order valence-corrected chi connectivity index (χ1v) is 6.80. The Balaban J connectivity index is 2.26. The smallest absolute Gasteiger partial charge is 0.335 e. The predicted molar refractivity (Wildman–Crippen MR) is 81.9 cm³/mol. The van der Waals surface area contributed by atoms with Gasteiger partial charge >= 0.3 is 5.97 Å². The Kier molecular flexibility index (Phi) is 4.41. The fourth-order valence-electron chi connectivity index (χ4n) is 2.27. The van der Waals surface area contributed by atoms with E-state index in [0.29, 0.717) is 5.56 Å². The molecule has 104 valence electrons. The predicted octanol–water partition coefficient (Wildman–Crippen LogP) is 4.39. The molecule has 0 saturated carbocycles. The second-order valence-electron chi connectivity index (χ2n) is 4.87. The molecule has 0 atom stereocenters. The van der Waals surface area contributed by atoms with Crippen LogP contribution in [0.5, 0.6) is 0 Å². The van der Waals surface area contributed by atoms with Gasteiger partial charge in [0, 0.05) is 11.4 Å². The Morgan fingerprint density at radius 3 is 2.60 bits per heavy atom. The highest BCUT2D eigenvalue weighted by molar-refractivity contribution is 5.90. The zero-order valence-corrected chi connectivity index (χ0v) is 11.8. The number of aromatic carboxylic acids is 1. The molecule has 0 amide bonds. The van der Waals surface area contributed by atoms with Gasteiger partial charge in [0.1, 0.15) is 0 Å². The van der Waals surface area contributed by atoms with E-state index >= 15 is 0 Å². The van der Waals surface area contributed by atoms with Crippen LogP contribution >= 0.6 is 0 Å². The van der Waals surface area contributed by atoms with Crippen LogP contribution in [0.1, 0.15) is 34.8 Å². The molecule has 0 aliphatic carbocycles. The van der Waals surface area contributed by atoms with Crippen molar-refractivity contribution in [2.24, 2.45) is 0 Å². The number of aryl methyl sites for hydroxylation is 2. The number of carboxylic acid groups (broad SMARTS) is 1. The molecule has 2 N–H and O–H groups in total. The van der Waals surface area contributed by atoms with Crippen LogP contribution in [0.3, 0.4) is 0 Å². The van der Waals surface area contributed by atoms with Gasteiger partial charge < -0.3 is 10.4 Å². The summed E-state index contributed by atoms with van der Waals surface area (Å²) in [6.07, 6.45) is 2.12. The van der Waals surface area contributed by atoms with Crippen LogP contribution in [0, 0.1) is 6.92 Å². The molecule has 2 rings (SSSR count). The van der Waals surface area contributed by atoms with E-state index in [4.69, 9.17) is 5.11 Å². The summed E-state index contributed by atoms with van der Waals surface area (Å²) in [7, 11) is 0. The Morgan fingerprint density at radius 2 is 1.95 bits per heavy atom. The van der Waals surface area contributed by atoms with E-state index in [9.17, 15) is 4.79 Å². The summed E-state index contributed by atoms with van der Waals surface area (Å²) in [6, 6.07) is 13.5. The molecule has 2 aromatic rings. The number of carboxylic acids is 1. The third-order valence-corrected chi connectivity index (χ3v) is 3.27. The highest BCUT2D eigenvalue weighted by Gasteiger charge is 2.08. The molecule has 20 heavy (non-hydrogen) atoms. The van der Waals surface area contributed by atoms with E-state index in [-0.39, 0.29) is 0 Å². The number of carbonyl (C=O) groups is 1. The van der Waals surface area contributed by atoms with E-state index in [1.807, 2.05) is 31.2 Å². The second kappa shape index (κ2) is 6.24. The minimum atomic E-state index is -0.888.